The molecule has 2 nitrogen and oxygen atoms in total. The first kappa shape index (κ1) is 12.2. The second-order valence-corrected chi connectivity index (χ2v) is 3.87. The van der Waals surface area contributed by atoms with Crippen LogP contribution in [0, 0.1) is 0 Å². The summed E-state index contributed by atoms with van der Waals surface area (Å²) in [5.41, 5.74) is 1.33. The molecule has 1 rings (SSSR count). The molecule has 0 aliphatic heterocycles. The fourth-order valence-corrected chi connectivity index (χ4v) is 1.59. The number of rotatable bonds is 7. The fraction of sp³-hybridized carbons (Fsp3) is 0.538. The Balaban J connectivity index is 2.16. The van der Waals surface area contributed by atoms with Crippen molar-refractivity contribution >= 4 is 0 Å². The normalized spacial score (nSPS) is 12.7. The Hall–Kier alpha value is -0.860. The molecule has 0 aliphatic rings. The van der Waals surface area contributed by atoms with Crippen LogP contribution in [0.25, 0.3) is 0 Å². The summed E-state index contributed by atoms with van der Waals surface area (Å²) in [6, 6.07) is 10.9. The highest BCUT2D eigenvalue weighted by Gasteiger charge is 2.02. The number of hydrogen-bond donors (Lipinski definition) is 2. The van der Waals surface area contributed by atoms with E-state index >= 15 is 0 Å². The van der Waals surface area contributed by atoms with E-state index in [2.05, 4.69) is 36.5 Å². The van der Waals surface area contributed by atoms with Crippen LogP contribution in [0.15, 0.2) is 30.3 Å². The van der Waals surface area contributed by atoms with Gasteiger partial charge in [-0.2, -0.15) is 0 Å². The summed E-state index contributed by atoms with van der Waals surface area (Å²) in [6.45, 7) is 3.52. The largest absolute Gasteiger partial charge is 0.396 e. The van der Waals surface area contributed by atoms with Crippen molar-refractivity contribution in [3.8, 4) is 0 Å². The summed E-state index contributed by atoms with van der Waals surface area (Å²) < 4.78 is 0. The molecule has 1 aromatic rings. The minimum absolute atomic E-state index is 0.314. The van der Waals surface area contributed by atoms with Crippen molar-refractivity contribution < 1.29 is 5.11 Å². The van der Waals surface area contributed by atoms with Gasteiger partial charge in [-0.3, -0.25) is 0 Å². The van der Waals surface area contributed by atoms with Gasteiger partial charge in [0.1, 0.15) is 0 Å². The van der Waals surface area contributed by atoms with E-state index in [-0.39, 0.29) is 0 Å². The Morgan fingerprint density at radius 1 is 1.13 bits per heavy atom. The molecule has 15 heavy (non-hydrogen) atoms. The average molecular weight is 207 g/mol. The van der Waals surface area contributed by atoms with Crippen LogP contribution < -0.4 is 5.32 Å². The molecule has 0 aliphatic carbocycles. The lowest BCUT2D eigenvalue weighted by Crippen LogP contribution is -2.19. The zero-order valence-corrected chi connectivity index (χ0v) is 9.45. The monoisotopic (exact) mass is 207 g/mol. The number of aliphatic hydroxyl groups is 1. The van der Waals surface area contributed by atoms with Crippen LogP contribution in [0.1, 0.15) is 37.8 Å². The number of benzene rings is 1. The first-order valence-electron chi connectivity index (χ1n) is 5.74. The number of aliphatic hydroxyl groups excluding tert-OH is 1. The van der Waals surface area contributed by atoms with Gasteiger partial charge in [0.25, 0.3) is 0 Å². The summed E-state index contributed by atoms with van der Waals surface area (Å²) >= 11 is 0. The van der Waals surface area contributed by atoms with Crippen molar-refractivity contribution in [1.29, 1.82) is 0 Å². The summed E-state index contributed by atoms with van der Waals surface area (Å²) in [7, 11) is 0. The summed E-state index contributed by atoms with van der Waals surface area (Å²) in [5, 5.41) is 12.1. The third-order valence-electron chi connectivity index (χ3n) is 2.58. The molecule has 0 heterocycles. The van der Waals surface area contributed by atoms with Gasteiger partial charge >= 0.3 is 0 Å². The Labute approximate surface area is 92.3 Å². The Kier molecular flexibility index (Phi) is 6.05. The smallest absolute Gasteiger partial charge is 0.0431 e. The van der Waals surface area contributed by atoms with E-state index in [1.807, 2.05) is 6.07 Å². The molecule has 2 heteroatoms. The van der Waals surface area contributed by atoms with Gasteiger partial charge in [-0.25, -0.2) is 0 Å². The molecule has 0 fully saturated rings. The second kappa shape index (κ2) is 7.43. The second-order valence-electron chi connectivity index (χ2n) is 3.87. The van der Waals surface area contributed by atoms with Gasteiger partial charge in [0.05, 0.1) is 0 Å². The molecular weight excluding hydrogens is 186 g/mol. The van der Waals surface area contributed by atoms with Crippen molar-refractivity contribution in [3.63, 3.8) is 0 Å². The van der Waals surface area contributed by atoms with Gasteiger partial charge in [-0.1, -0.05) is 30.3 Å². The zero-order chi connectivity index (χ0) is 10.9. The van der Waals surface area contributed by atoms with Crippen LogP contribution in [0.5, 0.6) is 0 Å². The lowest BCUT2D eigenvalue weighted by Gasteiger charge is -2.13. The SMILES string of the molecule is CC(NCCCCCO)c1ccccc1. The molecule has 2 N–H and O–H groups in total. The van der Waals surface area contributed by atoms with Gasteiger partial charge < -0.3 is 10.4 Å². The number of unbranched alkanes of at least 4 members (excludes halogenated alkanes) is 2. The Bertz CT molecular complexity index is 248. The van der Waals surface area contributed by atoms with Gasteiger partial charge in [-0.05, 0) is 38.3 Å². The molecule has 84 valence electrons. The number of nitrogens with one attached hydrogen (secondary N) is 1. The average Bonchev–Trinajstić information content (AvgIpc) is 2.30. The molecule has 1 unspecified atom stereocenters. The van der Waals surface area contributed by atoms with E-state index in [9.17, 15) is 0 Å². The van der Waals surface area contributed by atoms with Crippen molar-refractivity contribution in [2.24, 2.45) is 0 Å². The zero-order valence-electron chi connectivity index (χ0n) is 9.45. The van der Waals surface area contributed by atoms with Gasteiger partial charge in [-0.15, -0.1) is 0 Å². The van der Waals surface area contributed by atoms with E-state index in [0.717, 1.165) is 25.8 Å². The summed E-state index contributed by atoms with van der Waals surface area (Å²) in [4.78, 5) is 0. The molecule has 0 radical (unpaired) electrons. The molecule has 1 atom stereocenters. The maximum absolute atomic E-state index is 8.63. The predicted molar refractivity (Wildman–Crippen MR) is 63.8 cm³/mol. The van der Waals surface area contributed by atoms with E-state index in [0.29, 0.717) is 12.6 Å². The van der Waals surface area contributed by atoms with Crippen LogP contribution in [0.4, 0.5) is 0 Å². The van der Waals surface area contributed by atoms with Crippen LogP contribution in [0.3, 0.4) is 0 Å². The quantitative estimate of drug-likeness (QED) is 0.673. The van der Waals surface area contributed by atoms with Crippen LogP contribution in [-0.4, -0.2) is 18.3 Å². The molecule has 0 aromatic heterocycles. The fourth-order valence-electron chi connectivity index (χ4n) is 1.59. The van der Waals surface area contributed by atoms with E-state index in [4.69, 9.17) is 5.11 Å². The number of hydrogen-bond acceptors (Lipinski definition) is 2. The molecular formula is C13H21NO. The highest BCUT2D eigenvalue weighted by Crippen LogP contribution is 2.10. The highest BCUT2D eigenvalue weighted by atomic mass is 16.2. The minimum Gasteiger partial charge on any atom is -0.396 e. The highest BCUT2D eigenvalue weighted by molar-refractivity contribution is 5.17. The molecule has 0 saturated carbocycles. The lowest BCUT2D eigenvalue weighted by molar-refractivity contribution is 0.282. The van der Waals surface area contributed by atoms with Crippen molar-refractivity contribution in [2.45, 2.75) is 32.2 Å². The maximum atomic E-state index is 8.63. The predicted octanol–water partition coefficient (Wildman–Crippen LogP) is 2.50. The summed E-state index contributed by atoms with van der Waals surface area (Å²) in [5.74, 6) is 0. The first-order valence-corrected chi connectivity index (χ1v) is 5.74. The van der Waals surface area contributed by atoms with Gasteiger partial charge in [0.15, 0.2) is 0 Å². The maximum Gasteiger partial charge on any atom is 0.0431 e. The van der Waals surface area contributed by atoms with Crippen molar-refractivity contribution in [1.82, 2.24) is 5.32 Å². The van der Waals surface area contributed by atoms with Gasteiger partial charge in [0.2, 0.25) is 0 Å². The molecule has 1 aromatic carbocycles. The van der Waals surface area contributed by atoms with Crippen LogP contribution in [-0.2, 0) is 0 Å². The van der Waals surface area contributed by atoms with Crippen molar-refractivity contribution in [3.05, 3.63) is 35.9 Å². The third-order valence-corrected chi connectivity index (χ3v) is 2.58. The molecule has 0 amide bonds. The van der Waals surface area contributed by atoms with E-state index < -0.39 is 0 Å². The topological polar surface area (TPSA) is 32.3 Å². The minimum atomic E-state index is 0.314. The lowest BCUT2D eigenvalue weighted by atomic mass is 10.1. The Morgan fingerprint density at radius 2 is 1.87 bits per heavy atom. The van der Waals surface area contributed by atoms with Crippen molar-refractivity contribution in [2.75, 3.05) is 13.2 Å². The standard InChI is InChI=1S/C13H21NO/c1-12(13-8-4-2-5-9-13)14-10-6-3-7-11-15/h2,4-5,8-9,12,14-15H,3,6-7,10-11H2,1H3. The van der Waals surface area contributed by atoms with Gasteiger partial charge in [0, 0.05) is 12.6 Å². The van der Waals surface area contributed by atoms with Crippen LogP contribution >= 0.6 is 0 Å². The van der Waals surface area contributed by atoms with Crippen LogP contribution in [0.2, 0.25) is 0 Å². The summed E-state index contributed by atoms with van der Waals surface area (Å²) in [6.07, 6.45) is 3.16. The Morgan fingerprint density at radius 3 is 2.53 bits per heavy atom. The third kappa shape index (κ3) is 4.96. The van der Waals surface area contributed by atoms with E-state index in [1.165, 1.54) is 5.56 Å². The first-order chi connectivity index (χ1) is 7.34. The molecule has 0 saturated heterocycles. The molecule has 0 bridgehead atoms. The van der Waals surface area contributed by atoms with E-state index in [1.54, 1.807) is 0 Å². The molecule has 0 spiro atoms.